The van der Waals surface area contributed by atoms with E-state index < -0.39 is 21.5 Å². The summed E-state index contributed by atoms with van der Waals surface area (Å²) in [6.45, 7) is 4.59. The summed E-state index contributed by atoms with van der Waals surface area (Å²) in [5.41, 5.74) is 0.454. The third-order valence-electron chi connectivity index (χ3n) is 6.13. The van der Waals surface area contributed by atoms with Gasteiger partial charge < -0.3 is 14.8 Å². The number of nitrogens with zero attached hydrogens (tertiary/aromatic N) is 1. The van der Waals surface area contributed by atoms with E-state index in [1.54, 1.807) is 37.4 Å². The second-order valence-corrected chi connectivity index (χ2v) is 11.0. The van der Waals surface area contributed by atoms with E-state index in [2.05, 4.69) is 5.32 Å². The van der Waals surface area contributed by atoms with Crippen LogP contribution in [0.4, 0.5) is 0 Å². The highest BCUT2D eigenvalue weighted by atomic mass is 32.2. The molecule has 32 heavy (non-hydrogen) atoms. The van der Waals surface area contributed by atoms with Gasteiger partial charge in [-0.15, -0.1) is 0 Å². The molecule has 4 rings (SSSR count). The Balaban J connectivity index is 1.50. The predicted molar refractivity (Wildman–Crippen MR) is 121 cm³/mol. The topological polar surface area (TPSA) is 84.9 Å². The molecule has 2 atom stereocenters. The molecule has 0 spiro atoms. The molecule has 0 unspecified atom stereocenters. The summed E-state index contributed by atoms with van der Waals surface area (Å²) < 4.78 is 38.9. The Morgan fingerprint density at radius 2 is 1.94 bits per heavy atom. The Labute approximate surface area is 189 Å². The minimum absolute atomic E-state index is 0.123. The lowest BCUT2D eigenvalue weighted by molar-refractivity contribution is -0.127. The summed E-state index contributed by atoms with van der Waals surface area (Å²) in [5.74, 6) is 0.876. The molecule has 0 aromatic heterocycles. The molecule has 1 saturated heterocycles. The van der Waals surface area contributed by atoms with Gasteiger partial charge in [-0.1, -0.05) is 18.2 Å². The SMILES string of the molecule is COc1ccc2c(c1)OC(C)(C)C[C@H]2NC(=O)[C@@H]1CCCN(S(=O)(=O)c2ccccc2)C1. The monoisotopic (exact) mass is 458 g/mol. The Morgan fingerprint density at radius 1 is 1.19 bits per heavy atom. The lowest BCUT2D eigenvalue weighted by Crippen LogP contribution is -2.48. The minimum Gasteiger partial charge on any atom is -0.497 e. The number of nitrogens with one attached hydrogen (secondary N) is 1. The largest absolute Gasteiger partial charge is 0.497 e. The van der Waals surface area contributed by atoms with Crippen LogP contribution >= 0.6 is 0 Å². The minimum atomic E-state index is -3.62. The molecular weight excluding hydrogens is 428 g/mol. The molecule has 2 aromatic carbocycles. The van der Waals surface area contributed by atoms with E-state index in [9.17, 15) is 13.2 Å². The summed E-state index contributed by atoms with van der Waals surface area (Å²) >= 11 is 0. The number of fused-ring (bicyclic) bond motifs is 1. The molecule has 7 nitrogen and oxygen atoms in total. The molecule has 2 aromatic rings. The van der Waals surface area contributed by atoms with Crippen molar-refractivity contribution < 1.29 is 22.7 Å². The number of hydrogen-bond acceptors (Lipinski definition) is 5. The first-order chi connectivity index (χ1) is 15.2. The van der Waals surface area contributed by atoms with E-state index in [1.165, 1.54) is 4.31 Å². The third kappa shape index (κ3) is 4.61. The van der Waals surface area contributed by atoms with Crippen molar-refractivity contribution >= 4 is 15.9 Å². The summed E-state index contributed by atoms with van der Waals surface area (Å²) in [5, 5.41) is 3.17. The number of amides is 1. The zero-order valence-corrected chi connectivity index (χ0v) is 19.5. The smallest absolute Gasteiger partial charge is 0.243 e. The van der Waals surface area contributed by atoms with E-state index in [0.29, 0.717) is 37.3 Å². The molecule has 0 radical (unpaired) electrons. The maximum absolute atomic E-state index is 13.2. The molecule has 8 heteroatoms. The molecule has 0 saturated carbocycles. The molecule has 1 fully saturated rings. The van der Waals surface area contributed by atoms with Crippen LogP contribution in [0.1, 0.15) is 44.7 Å². The maximum Gasteiger partial charge on any atom is 0.243 e. The van der Waals surface area contributed by atoms with Crippen LogP contribution in [-0.4, -0.2) is 44.4 Å². The number of carbonyl (C=O) groups is 1. The van der Waals surface area contributed by atoms with Crippen molar-refractivity contribution in [3.05, 3.63) is 54.1 Å². The number of sulfonamides is 1. The molecular formula is C24H30N2O5S. The molecule has 0 aliphatic carbocycles. The van der Waals surface area contributed by atoms with Crippen LogP contribution in [0.2, 0.25) is 0 Å². The van der Waals surface area contributed by atoms with Gasteiger partial charge in [-0.05, 0) is 51.0 Å². The zero-order valence-electron chi connectivity index (χ0n) is 18.7. The fourth-order valence-electron chi connectivity index (χ4n) is 4.49. The van der Waals surface area contributed by atoms with Crippen molar-refractivity contribution in [3.8, 4) is 11.5 Å². The number of carbonyl (C=O) groups excluding carboxylic acids is 1. The predicted octanol–water partition coefficient (Wildman–Crippen LogP) is 3.51. The Hall–Kier alpha value is -2.58. The van der Waals surface area contributed by atoms with E-state index in [-0.39, 0.29) is 23.4 Å². The van der Waals surface area contributed by atoms with Crippen molar-refractivity contribution in [3.63, 3.8) is 0 Å². The highest BCUT2D eigenvalue weighted by Gasteiger charge is 2.38. The van der Waals surface area contributed by atoms with E-state index >= 15 is 0 Å². The van der Waals surface area contributed by atoms with Gasteiger partial charge in [-0.25, -0.2) is 8.42 Å². The van der Waals surface area contributed by atoms with E-state index in [1.807, 2.05) is 32.0 Å². The number of methoxy groups -OCH3 is 1. The zero-order chi connectivity index (χ0) is 22.9. The number of benzene rings is 2. The number of rotatable bonds is 5. The number of hydrogen-bond donors (Lipinski definition) is 1. The first-order valence-electron chi connectivity index (χ1n) is 10.9. The molecule has 2 aliphatic rings. The summed E-state index contributed by atoms with van der Waals surface area (Å²) in [6.07, 6.45) is 1.93. The average molecular weight is 459 g/mol. The molecule has 1 amide bonds. The van der Waals surface area contributed by atoms with Crippen LogP contribution in [0.25, 0.3) is 0 Å². The number of piperidine rings is 1. The fraction of sp³-hybridized carbons (Fsp3) is 0.458. The molecule has 2 aliphatic heterocycles. The second kappa shape index (κ2) is 8.75. The first kappa shape index (κ1) is 22.6. The van der Waals surface area contributed by atoms with Crippen LogP contribution in [0.3, 0.4) is 0 Å². The van der Waals surface area contributed by atoms with Crippen LogP contribution in [-0.2, 0) is 14.8 Å². The van der Waals surface area contributed by atoms with Crippen LogP contribution in [0.5, 0.6) is 11.5 Å². The highest BCUT2D eigenvalue weighted by Crippen LogP contribution is 2.41. The average Bonchev–Trinajstić information content (AvgIpc) is 2.78. The summed E-state index contributed by atoms with van der Waals surface area (Å²) in [4.78, 5) is 13.5. The second-order valence-electron chi connectivity index (χ2n) is 9.05. The molecule has 2 heterocycles. The summed E-state index contributed by atoms with van der Waals surface area (Å²) in [6, 6.07) is 13.8. The fourth-order valence-corrected chi connectivity index (χ4v) is 6.04. The van der Waals surface area contributed by atoms with Crippen molar-refractivity contribution in [1.82, 2.24) is 9.62 Å². The van der Waals surface area contributed by atoms with Gasteiger partial charge in [0.2, 0.25) is 15.9 Å². The number of ether oxygens (including phenoxy) is 2. The van der Waals surface area contributed by atoms with E-state index in [4.69, 9.17) is 9.47 Å². The van der Waals surface area contributed by atoms with Gasteiger partial charge in [0.1, 0.15) is 17.1 Å². The molecule has 172 valence electrons. The third-order valence-corrected chi connectivity index (χ3v) is 8.01. The van der Waals surface area contributed by atoms with Crippen molar-refractivity contribution in [2.24, 2.45) is 5.92 Å². The lowest BCUT2D eigenvalue weighted by atomic mass is 9.88. The standard InChI is InChI=1S/C24H30N2O5S/c1-24(2)15-21(20-12-11-18(30-3)14-22(20)31-24)25-23(27)17-8-7-13-26(16-17)32(28,29)19-9-5-4-6-10-19/h4-6,9-12,14,17,21H,7-8,13,15-16H2,1-3H3,(H,25,27)/t17-,21-/m1/s1. The van der Waals surface area contributed by atoms with Crippen molar-refractivity contribution in [2.45, 2.75) is 49.6 Å². The van der Waals surface area contributed by atoms with Crippen molar-refractivity contribution in [1.29, 1.82) is 0 Å². The lowest BCUT2D eigenvalue weighted by Gasteiger charge is -2.39. The maximum atomic E-state index is 13.2. The van der Waals surface area contributed by atoms with Gasteiger partial charge in [0, 0.05) is 31.1 Å². The summed E-state index contributed by atoms with van der Waals surface area (Å²) in [7, 11) is -2.01. The van der Waals surface area contributed by atoms with Gasteiger partial charge in [-0.3, -0.25) is 4.79 Å². The quantitative estimate of drug-likeness (QED) is 0.741. The van der Waals surface area contributed by atoms with Gasteiger partial charge in [-0.2, -0.15) is 4.31 Å². The Morgan fingerprint density at radius 3 is 2.66 bits per heavy atom. The van der Waals surface area contributed by atoms with Gasteiger partial charge in [0.25, 0.3) is 0 Å². The van der Waals surface area contributed by atoms with E-state index in [0.717, 1.165) is 5.56 Å². The molecule has 1 N–H and O–H groups in total. The molecule has 0 bridgehead atoms. The highest BCUT2D eigenvalue weighted by molar-refractivity contribution is 7.89. The van der Waals surface area contributed by atoms with Gasteiger partial charge >= 0.3 is 0 Å². The Bertz CT molecular complexity index is 1080. The van der Waals surface area contributed by atoms with Crippen molar-refractivity contribution in [2.75, 3.05) is 20.2 Å². The van der Waals surface area contributed by atoms with Crippen LogP contribution < -0.4 is 14.8 Å². The normalized spacial score (nSPS) is 23.0. The van der Waals surface area contributed by atoms with Gasteiger partial charge in [0.05, 0.1) is 24.0 Å². The van der Waals surface area contributed by atoms with Crippen LogP contribution in [0.15, 0.2) is 53.4 Å². The first-order valence-corrected chi connectivity index (χ1v) is 12.4. The van der Waals surface area contributed by atoms with Gasteiger partial charge in [0.15, 0.2) is 0 Å². The van der Waals surface area contributed by atoms with Crippen LogP contribution in [0, 0.1) is 5.92 Å². The Kier molecular flexibility index (Phi) is 6.18.